The van der Waals surface area contributed by atoms with Gasteiger partial charge in [-0.05, 0) is 48.4 Å². The van der Waals surface area contributed by atoms with Crippen LogP contribution in [0.25, 0.3) is 0 Å². The number of sulfonamides is 1. The van der Waals surface area contributed by atoms with Crippen LogP contribution in [0.2, 0.25) is 6.43 Å². The fourth-order valence-corrected chi connectivity index (χ4v) is 4.97. The summed E-state index contributed by atoms with van der Waals surface area (Å²) in [6, 6.07) is 3.44. The highest BCUT2D eigenvalue weighted by atomic mass is 35.5. The average molecular weight is 463 g/mol. The van der Waals surface area contributed by atoms with Crippen molar-refractivity contribution in [3.05, 3.63) is 50.3 Å². The van der Waals surface area contributed by atoms with E-state index in [1.165, 1.54) is 11.4 Å². The van der Waals surface area contributed by atoms with Crippen molar-refractivity contribution >= 4 is 44.6 Å². The van der Waals surface area contributed by atoms with Crippen LogP contribution in [-0.4, -0.2) is 26.1 Å². The standard InChI is InChI=1S/C18H15ClN2O6S2/c1-9-5-13-14(26-8-25-13)7-11(9)6-12(22)17-15(3-4-28-17)29(23,24)21-18-16(19)10(2)20-27-18/h3-5,7,21H,6,8H2,1-2H3/i1D3,2D3,8D/hD. The van der Waals surface area contributed by atoms with Gasteiger partial charge in [0.15, 0.2) is 18.7 Å². The maximum Gasteiger partial charge on any atom is 0.265 e. The third-order valence-electron chi connectivity index (χ3n) is 3.85. The van der Waals surface area contributed by atoms with Gasteiger partial charge < -0.3 is 14.0 Å². The molecule has 0 saturated heterocycles. The summed E-state index contributed by atoms with van der Waals surface area (Å²) in [7, 11) is -4.82. The fraction of sp³-hybridized carbons (Fsp3) is 0.222. The normalized spacial score (nSPS) is 20.4. The molecule has 2 aromatic heterocycles. The van der Waals surface area contributed by atoms with Crippen molar-refractivity contribution in [2.45, 2.75) is 25.0 Å². The number of nitrogens with one attached hydrogen (secondary N) is 1. The van der Waals surface area contributed by atoms with Crippen molar-refractivity contribution in [1.82, 2.24) is 5.16 Å². The van der Waals surface area contributed by atoms with E-state index in [4.69, 9.17) is 36.6 Å². The summed E-state index contributed by atoms with van der Waals surface area (Å²) < 4.78 is 102. The topological polar surface area (TPSA) is 108 Å². The molecule has 1 aliphatic heterocycles. The first kappa shape index (κ1) is 12.2. The molecule has 0 fully saturated rings. The molecule has 0 aliphatic carbocycles. The molecule has 152 valence electrons. The molecule has 1 aliphatic rings. The van der Waals surface area contributed by atoms with E-state index in [2.05, 4.69) is 5.16 Å². The van der Waals surface area contributed by atoms with Gasteiger partial charge in [0, 0.05) is 14.6 Å². The van der Waals surface area contributed by atoms with E-state index in [1.54, 1.807) is 0 Å². The Morgan fingerprint density at radius 2 is 2.21 bits per heavy atom. The molecule has 1 unspecified atom stereocenters. The van der Waals surface area contributed by atoms with Gasteiger partial charge in [0.05, 0.1) is 4.88 Å². The Kier molecular flexibility index (Phi) is 3.10. The minimum Gasteiger partial charge on any atom is -0.454 e. The van der Waals surface area contributed by atoms with Gasteiger partial charge in [0.2, 0.25) is 6.77 Å². The number of thiophene rings is 1. The molecule has 1 atom stereocenters. The molecule has 11 heteroatoms. The van der Waals surface area contributed by atoms with Gasteiger partial charge in [-0.1, -0.05) is 16.8 Å². The van der Waals surface area contributed by atoms with Crippen LogP contribution >= 0.6 is 22.9 Å². The van der Waals surface area contributed by atoms with E-state index < -0.39 is 64.2 Å². The Morgan fingerprint density at radius 1 is 1.41 bits per heavy atom. The van der Waals surface area contributed by atoms with Gasteiger partial charge in [-0.25, -0.2) is 13.1 Å². The Labute approximate surface area is 186 Å². The SMILES string of the molecule is [2H]C1Oc2cc(CC(=O)c3sccc3S(=O)(=O)N([2H])c3onc(C([2H])([2H])[2H])c3Cl)c(C([2H])([2H])[2H])cc2O1. The molecular weight excluding hydrogens is 440 g/mol. The first-order valence-corrected chi connectivity index (χ1v) is 10.4. The predicted molar refractivity (Wildman–Crippen MR) is 107 cm³/mol. The summed E-state index contributed by atoms with van der Waals surface area (Å²) >= 11 is 6.64. The molecule has 0 saturated carbocycles. The van der Waals surface area contributed by atoms with Gasteiger partial charge in [0.1, 0.15) is 17.0 Å². The third-order valence-corrected chi connectivity index (χ3v) is 6.58. The van der Waals surface area contributed by atoms with E-state index >= 15 is 0 Å². The highest BCUT2D eigenvalue weighted by molar-refractivity contribution is 7.93. The number of ketones is 1. The second kappa shape index (κ2) is 7.36. The molecule has 8 nitrogen and oxygen atoms in total. The Balaban J connectivity index is 1.68. The number of carbonyl (C=O) groups excluding carboxylic acids is 1. The summed E-state index contributed by atoms with van der Waals surface area (Å²) in [5.41, 5.74) is -0.985. The number of rotatable bonds is 6. The number of benzene rings is 1. The summed E-state index contributed by atoms with van der Waals surface area (Å²) in [5, 5.41) is 3.80. The van der Waals surface area contributed by atoms with Crippen molar-refractivity contribution in [3.8, 4) is 11.5 Å². The van der Waals surface area contributed by atoms with Crippen molar-refractivity contribution in [1.29, 1.82) is 0 Å². The Hall–Kier alpha value is -2.56. The molecule has 4 rings (SSSR count). The number of carbonyl (C=O) groups is 1. The van der Waals surface area contributed by atoms with Crippen LogP contribution in [-0.2, 0) is 16.4 Å². The number of halogens is 1. The summed E-state index contributed by atoms with van der Waals surface area (Å²) in [4.78, 5) is 12.3. The number of ether oxygens (including phenoxy) is 2. The Morgan fingerprint density at radius 3 is 2.93 bits per heavy atom. The van der Waals surface area contributed by atoms with Crippen LogP contribution < -0.4 is 14.2 Å². The monoisotopic (exact) mass is 462 g/mol. The molecule has 0 amide bonds. The van der Waals surface area contributed by atoms with Crippen LogP contribution in [0.5, 0.6) is 11.5 Å². The van der Waals surface area contributed by atoms with E-state index in [0.717, 1.165) is 23.5 Å². The zero-order valence-electron chi connectivity index (χ0n) is 22.1. The average Bonchev–Trinajstić information content (AvgIpc) is 3.48. The van der Waals surface area contributed by atoms with Crippen LogP contribution in [0.4, 0.5) is 5.88 Å². The van der Waals surface area contributed by atoms with E-state index in [1.807, 2.05) is 0 Å². The van der Waals surface area contributed by atoms with E-state index in [-0.39, 0.29) is 32.2 Å². The Bertz CT molecular complexity index is 1480. The third kappa shape index (κ3) is 3.70. The number of aromatic nitrogens is 1. The molecule has 3 aromatic rings. The highest BCUT2D eigenvalue weighted by Gasteiger charge is 2.27. The number of hydrogen-bond donors (Lipinski definition) is 1. The molecule has 1 N–H and O–H groups in total. The maximum atomic E-state index is 13.2. The number of hydrogen-bond acceptors (Lipinski definition) is 8. The number of aryl methyl sites for hydroxylation is 2. The second-order valence-corrected chi connectivity index (χ2v) is 8.59. The largest absolute Gasteiger partial charge is 0.454 e. The number of fused-ring (bicyclic) bond motifs is 1. The van der Waals surface area contributed by atoms with Crippen LogP contribution in [0, 0.1) is 13.7 Å². The summed E-state index contributed by atoms with van der Waals surface area (Å²) in [5.74, 6) is -1.60. The zero-order valence-corrected chi connectivity index (χ0v) is 16.5. The van der Waals surface area contributed by atoms with Crippen LogP contribution in [0.15, 0.2) is 33.0 Å². The van der Waals surface area contributed by atoms with Gasteiger partial charge >= 0.3 is 0 Å². The van der Waals surface area contributed by atoms with Crippen molar-refractivity contribution < 1.29 is 38.2 Å². The van der Waals surface area contributed by atoms with Gasteiger partial charge in [-0.3, -0.25) is 4.79 Å². The molecular formula is C18H15ClN2O6S2. The van der Waals surface area contributed by atoms with E-state index in [0.29, 0.717) is 0 Å². The number of anilines is 1. The lowest BCUT2D eigenvalue weighted by molar-refractivity contribution is 0.0994. The van der Waals surface area contributed by atoms with Gasteiger partial charge in [-0.15, -0.1) is 11.3 Å². The van der Waals surface area contributed by atoms with Crippen molar-refractivity contribution in [2.24, 2.45) is 0 Å². The van der Waals surface area contributed by atoms with Crippen LogP contribution in [0.1, 0.15) is 36.1 Å². The van der Waals surface area contributed by atoms with Crippen molar-refractivity contribution in [2.75, 3.05) is 11.5 Å². The number of nitrogens with zero attached hydrogens (tertiary/aromatic N) is 1. The molecule has 0 spiro atoms. The summed E-state index contributed by atoms with van der Waals surface area (Å²) in [6.07, 6.45) is -0.555. The minimum absolute atomic E-state index is 0.00141. The maximum absolute atomic E-state index is 13.2. The smallest absolute Gasteiger partial charge is 0.265 e. The molecule has 3 heterocycles. The molecule has 1 aromatic carbocycles. The van der Waals surface area contributed by atoms with Crippen molar-refractivity contribution in [3.63, 3.8) is 0 Å². The molecule has 0 radical (unpaired) electrons. The van der Waals surface area contributed by atoms with Gasteiger partial charge in [-0.2, -0.15) is 0 Å². The van der Waals surface area contributed by atoms with Gasteiger partial charge in [0.25, 0.3) is 15.9 Å². The lowest BCUT2D eigenvalue weighted by Crippen LogP contribution is -2.16. The fourth-order valence-electron chi connectivity index (χ4n) is 2.50. The second-order valence-electron chi connectivity index (χ2n) is 5.72. The van der Waals surface area contributed by atoms with E-state index in [9.17, 15) is 13.2 Å². The molecule has 29 heavy (non-hydrogen) atoms. The summed E-state index contributed by atoms with van der Waals surface area (Å²) in [6.45, 7) is -6.91. The lowest BCUT2D eigenvalue weighted by atomic mass is 10.0. The number of Topliss-reactive ketones (excluding diaryl/α,β-unsaturated/α-hetero) is 1. The zero-order chi connectivity index (χ0) is 27.5. The first-order valence-electron chi connectivity index (χ1n) is 11.8. The minimum atomic E-state index is -4.82. The highest BCUT2D eigenvalue weighted by Crippen LogP contribution is 2.36. The molecule has 0 bridgehead atoms. The van der Waals surface area contributed by atoms with Crippen LogP contribution in [0.3, 0.4) is 0 Å². The first-order chi connectivity index (χ1) is 17.0. The quantitative estimate of drug-likeness (QED) is 0.552. The predicted octanol–water partition coefficient (Wildman–Crippen LogP) is 3.96. The lowest BCUT2D eigenvalue weighted by Gasteiger charge is -2.09.